The van der Waals surface area contributed by atoms with Crippen molar-refractivity contribution in [3.8, 4) is 11.8 Å². The van der Waals surface area contributed by atoms with E-state index in [2.05, 4.69) is 32.6 Å². The van der Waals surface area contributed by atoms with E-state index < -0.39 is 0 Å². The Kier molecular flexibility index (Phi) is 8.37. The molecule has 1 aliphatic heterocycles. The molecule has 1 aliphatic rings. The molecule has 0 aromatic rings. The maximum atomic E-state index is 11.8. The summed E-state index contributed by atoms with van der Waals surface area (Å²) in [6.07, 6.45) is 6.31. The van der Waals surface area contributed by atoms with Gasteiger partial charge in [0.2, 0.25) is 0 Å². The van der Waals surface area contributed by atoms with E-state index in [9.17, 15) is 4.79 Å². The molecule has 3 heteroatoms. The molecule has 0 spiro atoms. The van der Waals surface area contributed by atoms with Crippen molar-refractivity contribution >= 4 is 5.97 Å². The third kappa shape index (κ3) is 5.96. The number of carbonyl (C=O) groups excluding carboxylic acids is 1. The van der Waals surface area contributed by atoms with Crippen molar-refractivity contribution in [1.82, 2.24) is 0 Å². The molecule has 1 N–H and O–H groups in total. The Hall–Kier alpha value is -1.01. The molecule has 20 heavy (non-hydrogen) atoms. The van der Waals surface area contributed by atoms with E-state index in [4.69, 9.17) is 4.74 Å². The molecule has 0 bridgehead atoms. The van der Waals surface area contributed by atoms with Gasteiger partial charge in [0.1, 0.15) is 12.6 Å². The minimum Gasteiger partial charge on any atom is -0.462 e. The van der Waals surface area contributed by atoms with E-state index in [0.29, 0.717) is 6.42 Å². The number of hydrogen-bond donors (Lipinski definition) is 1. The fourth-order valence-corrected chi connectivity index (χ4v) is 2.57. The molecule has 1 rings (SSSR count). The van der Waals surface area contributed by atoms with Crippen molar-refractivity contribution in [3.05, 3.63) is 0 Å². The van der Waals surface area contributed by atoms with Crippen molar-refractivity contribution < 1.29 is 14.4 Å². The summed E-state index contributed by atoms with van der Waals surface area (Å²) in [5, 5.41) is 0. The Bertz CT molecular complexity index is 339. The SMILES string of the molecule is CCCCCC1CC(CC#CC[NH+](CC)CC)C(=O)O1. The van der Waals surface area contributed by atoms with Gasteiger partial charge in [-0.25, -0.2) is 0 Å². The number of quaternary nitrogens is 1. The molecular weight excluding hydrogens is 250 g/mol. The van der Waals surface area contributed by atoms with Gasteiger partial charge < -0.3 is 9.64 Å². The second kappa shape index (κ2) is 9.83. The quantitative estimate of drug-likeness (QED) is 0.418. The topological polar surface area (TPSA) is 30.7 Å². The molecule has 0 radical (unpaired) electrons. The Balaban J connectivity index is 2.27. The summed E-state index contributed by atoms with van der Waals surface area (Å²) in [5.41, 5.74) is 0. The molecule has 0 amide bonds. The van der Waals surface area contributed by atoms with Crippen LogP contribution in [0.15, 0.2) is 0 Å². The highest BCUT2D eigenvalue weighted by molar-refractivity contribution is 5.75. The molecule has 0 saturated carbocycles. The van der Waals surface area contributed by atoms with Gasteiger partial charge in [0.05, 0.1) is 19.0 Å². The van der Waals surface area contributed by atoms with Crippen molar-refractivity contribution in [2.75, 3.05) is 19.6 Å². The number of ether oxygens (including phenoxy) is 1. The van der Waals surface area contributed by atoms with Gasteiger partial charge >= 0.3 is 5.97 Å². The molecule has 1 fully saturated rings. The van der Waals surface area contributed by atoms with Gasteiger partial charge in [-0.1, -0.05) is 25.7 Å². The number of cyclic esters (lactones) is 1. The van der Waals surface area contributed by atoms with Crippen LogP contribution in [0.25, 0.3) is 0 Å². The first-order chi connectivity index (χ1) is 9.71. The lowest BCUT2D eigenvalue weighted by molar-refractivity contribution is -0.889. The molecule has 2 atom stereocenters. The highest BCUT2D eigenvalue weighted by atomic mass is 16.5. The van der Waals surface area contributed by atoms with E-state index in [1.54, 1.807) is 0 Å². The van der Waals surface area contributed by atoms with Gasteiger partial charge in [0.25, 0.3) is 0 Å². The van der Waals surface area contributed by atoms with Gasteiger partial charge in [0, 0.05) is 6.42 Å². The highest BCUT2D eigenvalue weighted by Gasteiger charge is 2.33. The summed E-state index contributed by atoms with van der Waals surface area (Å²) in [6.45, 7) is 9.64. The summed E-state index contributed by atoms with van der Waals surface area (Å²) in [7, 11) is 0. The second-order valence-electron chi connectivity index (χ2n) is 5.68. The molecule has 0 aromatic carbocycles. The van der Waals surface area contributed by atoms with E-state index in [1.165, 1.54) is 17.7 Å². The average molecular weight is 280 g/mol. The van der Waals surface area contributed by atoms with Crippen molar-refractivity contribution in [2.24, 2.45) is 5.92 Å². The largest absolute Gasteiger partial charge is 0.462 e. The Morgan fingerprint density at radius 1 is 1.20 bits per heavy atom. The minimum absolute atomic E-state index is 0.0147. The maximum Gasteiger partial charge on any atom is 0.310 e. The van der Waals surface area contributed by atoms with Gasteiger partial charge in [-0.2, -0.15) is 0 Å². The maximum absolute atomic E-state index is 11.8. The van der Waals surface area contributed by atoms with Crippen LogP contribution in [0.2, 0.25) is 0 Å². The first-order valence-corrected chi connectivity index (χ1v) is 8.20. The number of hydrogen-bond acceptors (Lipinski definition) is 2. The minimum atomic E-state index is -0.0315. The molecule has 0 aromatic heterocycles. The van der Waals surface area contributed by atoms with Crippen molar-refractivity contribution in [1.29, 1.82) is 0 Å². The van der Waals surface area contributed by atoms with Crippen molar-refractivity contribution in [2.45, 2.75) is 65.4 Å². The van der Waals surface area contributed by atoms with Crippen LogP contribution in [0.4, 0.5) is 0 Å². The zero-order valence-electron chi connectivity index (χ0n) is 13.3. The van der Waals surface area contributed by atoms with Crippen LogP contribution in [0.5, 0.6) is 0 Å². The zero-order chi connectivity index (χ0) is 14.8. The van der Waals surface area contributed by atoms with Crippen LogP contribution in [0.1, 0.15) is 59.3 Å². The monoisotopic (exact) mass is 280 g/mol. The number of esters is 1. The fraction of sp³-hybridized carbons (Fsp3) is 0.824. The third-order valence-corrected chi connectivity index (χ3v) is 4.11. The molecule has 114 valence electrons. The number of unbranched alkanes of at least 4 members (excludes halogenated alkanes) is 2. The van der Waals surface area contributed by atoms with E-state index in [-0.39, 0.29) is 18.0 Å². The second-order valence-corrected chi connectivity index (χ2v) is 5.68. The lowest BCUT2D eigenvalue weighted by atomic mass is 9.99. The Morgan fingerprint density at radius 3 is 2.60 bits per heavy atom. The van der Waals surface area contributed by atoms with E-state index in [0.717, 1.165) is 38.9 Å². The highest BCUT2D eigenvalue weighted by Crippen LogP contribution is 2.26. The van der Waals surface area contributed by atoms with Crippen molar-refractivity contribution in [3.63, 3.8) is 0 Å². The molecular formula is C17H30NO2+. The number of rotatable bonds is 8. The number of nitrogens with one attached hydrogen (secondary N) is 1. The normalized spacial score (nSPS) is 21.7. The smallest absolute Gasteiger partial charge is 0.310 e. The van der Waals surface area contributed by atoms with Crippen LogP contribution in [-0.4, -0.2) is 31.7 Å². The Morgan fingerprint density at radius 2 is 1.95 bits per heavy atom. The van der Waals surface area contributed by atoms with Crippen LogP contribution < -0.4 is 4.90 Å². The molecule has 3 nitrogen and oxygen atoms in total. The van der Waals surface area contributed by atoms with E-state index in [1.807, 2.05) is 0 Å². The third-order valence-electron chi connectivity index (χ3n) is 4.11. The molecule has 0 aliphatic carbocycles. The summed E-state index contributed by atoms with van der Waals surface area (Å²) >= 11 is 0. The lowest BCUT2D eigenvalue weighted by Crippen LogP contribution is -3.11. The Labute approximate surface area is 124 Å². The summed E-state index contributed by atoms with van der Waals surface area (Å²) < 4.78 is 5.43. The molecule has 1 heterocycles. The van der Waals surface area contributed by atoms with Gasteiger partial charge in [0.15, 0.2) is 0 Å². The first kappa shape index (κ1) is 17.0. The van der Waals surface area contributed by atoms with Gasteiger partial charge in [-0.3, -0.25) is 4.79 Å². The van der Waals surface area contributed by atoms with Gasteiger partial charge in [-0.05, 0) is 39.0 Å². The molecule has 2 unspecified atom stereocenters. The first-order valence-electron chi connectivity index (χ1n) is 8.20. The molecule has 1 saturated heterocycles. The van der Waals surface area contributed by atoms with Crippen LogP contribution in [0.3, 0.4) is 0 Å². The fourth-order valence-electron chi connectivity index (χ4n) is 2.57. The van der Waals surface area contributed by atoms with Crippen LogP contribution >= 0.6 is 0 Å². The van der Waals surface area contributed by atoms with Gasteiger partial charge in [-0.15, -0.1) is 0 Å². The number of carbonyl (C=O) groups is 1. The van der Waals surface area contributed by atoms with E-state index >= 15 is 0 Å². The standard InChI is InChI=1S/C17H29NO2/c1-4-7-8-12-16-14-15(17(19)20-16)11-9-10-13-18(5-2)6-3/h15-16H,4-8,11-14H2,1-3H3/p+1. The summed E-state index contributed by atoms with van der Waals surface area (Å²) in [6, 6.07) is 0. The predicted molar refractivity (Wildman–Crippen MR) is 81.4 cm³/mol. The van der Waals surface area contributed by atoms with Crippen LogP contribution in [-0.2, 0) is 9.53 Å². The predicted octanol–water partition coefficient (Wildman–Crippen LogP) is 1.82. The average Bonchev–Trinajstić information content (AvgIpc) is 2.80. The summed E-state index contributed by atoms with van der Waals surface area (Å²) in [4.78, 5) is 13.3. The van der Waals surface area contributed by atoms with Crippen LogP contribution in [0, 0.1) is 17.8 Å². The zero-order valence-corrected chi connectivity index (χ0v) is 13.3. The lowest BCUT2D eigenvalue weighted by Gasteiger charge is -2.10. The summed E-state index contributed by atoms with van der Waals surface area (Å²) in [5.74, 6) is 6.36.